The topological polar surface area (TPSA) is 43.4 Å². The molecule has 1 aromatic rings. The Morgan fingerprint density at radius 3 is 2.40 bits per heavy atom. The number of benzene rings is 1. The van der Waals surface area contributed by atoms with Crippen molar-refractivity contribution in [3.8, 4) is 0 Å². The van der Waals surface area contributed by atoms with E-state index in [2.05, 4.69) is 22.9 Å². The largest absolute Gasteiger partial charge is 0.457 e. The van der Waals surface area contributed by atoms with Gasteiger partial charge in [0.2, 0.25) is 0 Å². The van der Waals surface area contributed by atoms with E-state index in [4.69, 9.17) is 4.74 Å². The maximum Gasteiger partial charge on any atom is 0.309 e. The van der Waals surface area contributed by atoms with Gasteiger partial charge in [0, 0.05) is 10.0 Å². The van der Waals surface area contributed by atoms with Gasteiger partial charge in [-0.05, 0) is 25.0 Å². The number of ether oxygens (including phenoxy) is 1. The molecular formula is C16H21BrO3. The summed E-state index contributed by atoms with van der Waals surface area (Å²) in [6.45, 7) is 3.89. The van der Waals surface area contributed by atoms with E-state index in [-0.39, 0.29) is 24.3 Å². The number of hydrogen-bond donors (Lipinski definition) is 0. The highest BCUT2D eigenvalue weighted by molar-refractivity contribution is 9.10. The van der Waals surface area contributed by atoms with Crippen LogP contribution >= 0.6 is 15.9 Å². The van der Waals surface area contributed by atoms with E-state index in [0.29, 0.717) is 5.56 Å². The molecule has 0 aliphatic rings. The Bertz CT molecular complexity index is 440. The van der Waals surface area contributed by atoms with Crippen LogP contribution in [0.3, 0.4) is 0 Å². The Morgan fingerprint density at radius 1 is 1.20 bits per heavy atom. The highest BCUT2D eigenvalue weighted by Gasteiger charge is 2.18. The number of rotatable bonds is 8. The van der Waals surface area contributed by atoms with Crippen molar-refractivity contribution >= 4 is 27.7 Å². The predicted molar refractivity (Wildman–Crippen MR) is 82.7 cm³/mol. The third-order valence-corrected chi connectivity index (χ3v) is 3.77. The van der Waals surface area contributed by atoms with Gasteiger partial charge in [-0.1, -0.05) is 54.8 Å². The number of esters is 1. The van der Waals surface area contributed by atoms with E-state index in [1.54, 1.807) is 24.3 Å². The van der Waals surface area contributed by atoms with Crippen molar-refractivity contribution in [3.05, 3.63) is 34.3 Å². The Hall–Kier alpha value is -1.16. The summed E-state index contributed by atoms with van der Waals surface area (Å²) in [7, 11) is 0. The molecule has 3 nitrogen and oxygen atoms in total. The average molecular weight is 341 g/mol. The highest BCUT2D eigenvalue weighted by Crippen LogP contribution is 2.15. The number of carbonyl (C=O) groups excluding carboxylic acids is 2. The maximum atomic E-state index is 11.9. The molecule has 0 unspecified atom stereocenters. The first-order valence-electron chi connectivity index (χ1n) is 7.03. The van der Waals surface area contributed by atoms with Crippen LogP contribution in [0, 0.1) is 5.92 Å². The molecule has 1 rings (SSSR count). The van der Waals surface area contributed by atoms with Crippen LogP contribution < -0.4 is 0 Å². The van der Waals surface area contributed by atoms with Gasteiger partial charge in [0.25, 0.3) is 0 Å². The van der Waals surface area contributed by atoms with Crippen LogP contribution in [-0.2, 0) is 9.53 Å². The van der Waals surface area contributed by atoms with E-state index in [1.165, 1.54) is 0 Å². The molecule has 0 saturated carbocycles. The predicted octanol–water partition coefficient (Wildman–Crippen LogP) is 4.39. The fraction of sp³-hybridized carbons (Fsp3) is 0.500. The molecule has 0 saturated heterocycles. The molecule has 0 N–H and O–H groups in total. The van der Waals surface area contributed by atoms with Gasteiger partial charge < -0.3 is 4.74 Å². The lowest BCUT2D eigenvalue weighted by Gasteiger charge is -2.13. The summed E-state index contributed by atoms with van der Waals surface area (Å²) in [4.78, 5) is 23.8. The van der Waals surface area contributed by atoms with Gasteiger partial charge in [0.1, 0.15) is 0 Å². The fourth-order valence-corrected chi connectivity index (χ4v) is 2.18. The Balaban J connectivity index is 2.47. The molecule has 0 aromatic heterocycles. The molecule has 1 atom stereocenters. The summed E-state index contributed by atoms with van der Waals surface area (Å²) in [5, 5.41) is 0. The minimum Gasteiger partial charge on any atom is -0.457 e. The SMILES string of the molecule is CCCC[C@@H](CC)C(=O)OCC(=O)c1ccc(Br)cc1. The smallest absolute Gasteiger partial charge is 0.309 e. The van der Waals surface area contributed by atoms with Crippen LogP contribution in [0.2, 0.25) is 0 Å². The van der Waals surface area contributed by atoms with Crippen LogP contribution in [0.25, 0.3) is 0 Å². The monoisotopic (exact) mass is 340 g/mol. The van der Waals surface area contributed by atoms with Crippen molar-refractivity contribution in [1.29, 1.82) is 0 Å². The second-order valence-electron chi connectivity index (χ2n) is 4.79. The van der Waals surface area contributed by atoms with Crippen molar-refractivity contribution in [2.24, 2.45) is 5.92 Å². The van der Waals surface area contributed by atoms with Gasteiger partial charge in [0.05, 0.1) is 5.92 Å². The van der Waals surface area contributed by atoms with Crippen LogP contribution in [0.4, 0.5) is 0 Å². The molecule has 0 aliphatic heterocycles. The summed E-state index contributed by atoms with van der Waals surface area (Å²) in [6, 6.07) is 7.03. The molecule has 0 fully saturated rings. The number of ketones is 1. The standard InChI is InChI=1S/C16H21BrO3/c1-3-5-6-12(4-2)16(19)20-11-15(18)13-7-9-14(17)10-8-13/h7-10,12H,3-6,11H2,1-2H3/t12-/m1/s1. The summed E-state index contributed by atoms with van der Waals surface area (Å²) in [6.07, 6.45) is 3.65. The van der Waals surface area contributed by atoms with Gasteiger partial charge in [-0.3, -0.25) is 9.59 Å². The average Bonchev–Trinajstić information content (AvgIpc) is 2.46. The van der Waals surface area contributed by atoms with Crippen molar-refractivity contribution in [2.45, 2.75) is 39.5 Å². The van der Waals surface area contributed by atoms with E-state index in [1.807, 2.05) is 6.92 Å². The first-order chi connectivity index (χ1) is 9.58. The summed E-state index contributed by atoms with van der Waals surface area (Å²) in [5.41, 5.74) is 0.558. The number of halogens is 1. The van der Waals surface area contributed by atoms with E-state index in [9.17, 15) is 9.59 Å². The van der Waals surface area contributed by atoms with E-state index in [0.717, 1.165) is 30.2 Å². The molecule has 4 heteroatoms. The fourth-order valence-electron chi connectivity index (χ4n) is 1.91. The quantitative estimate of drug-likeness (QED) is 0.520. The second-order valence-corrected chi connectivity index (χ2v) is 5.70. The summed E-state index contributed by atoms with van der Waals surface area (Å²) in [5.74, 6) is -0.518. The zero-order chi connectivity index (χ0) is 15.0. The number of unbranched alkanes of at least 4 members (excludes halogenated alkanes) is 1. The molecule has 20 heavy (non-hydrogen) atoms. The zero-order valence-electron chi connectivity index (χ0n) is 12.0. The van der Waals surface area contributed by atoms with Crippen LogP contribution in [0.1, 0.15) is 49.9 Å². The van der Waals surface area contributed by atoms with Crippen LogP contribution in [0.5, 0.6) is 0 Å². The molecular weight excluding hydrogens is 320 g/mol. The second kappa shape index (κ2) is 8.90. The van der Waals surface area contributed by atoms with Crippen LogP contribution in [0.15, 0.2) is 28.7 Å². The first-order valence-corrected chi connectivity index (χ1v) is 7.83. The minimum absolute atomic E-state index is 0.0901. The lowest BCUT2D eigenvalue weighted by atomic mass is 10.00. The molecule has 0 heterocycles. The molecule has 0 bridgehead atoms. The molecule has 0 aliphatic carbocycles. The van der Waals surface area contributed by atoms with Crippen LogP contribution in [-0.4, -0.2) is 18.4 Å². The van der Waals surface area contributed by atoms with Crippen molar-refractivity contribution in [2.75, 3.05) is 6.61 Å². The van der Waals surface area contributed by atoms with Gasteiger partial charge >= 0.3 is 5.97 Å². The Morgan fingerprint density at radius 2 is 1.85 bits per heavy atom. The molecule has 0 spiro atoms. The molecule has 0 amide bonds. The zero-order valence-corrected chi connectivity index (χ0v) is 13.6. The summed E-state index contributed by atoms with van der Waals surface area (Å²) < 4.78 is 6.05. The summed E-state index contributed by atoms with van der Waals surface area (Å²) >= 11 is 3.31. The minimum atomic E-state index is -0.258. The number of hydrogen-bond acceptors (Lipinski definition) is 3. The Labute approximate surface area is 128 Å². The lowest BCUT2D eigenvalue weighted by Crippen LogP contribution is -2.21. The third kappa shape index (κ3) is 5.45. The van der Waals surface area contributed by atoms with E-state index < -0.39 is 0 Å². The van der Waals surface area contributed by atoms with Gasteiger partial charge in [-0.2, -0.15) is 0 Å². The normalized spacial score (nSPS) is 11.9. The molecule has 110 valence electrons. The van der Waals surface area contributed by atoms with Crippen molar-refractivity contribution in [1.82, 2.24) is 0 Å². The van der Waals surface area contributed by atoms with Gasteiger partial charge in [0.15, 0.2) is 12.4 Å². The number of carbonyl (C=O) groups is 2. The third-order valence-electron chi connectivity index (χ3n) is 3.24. The first kappa shape index (κ1) is 16.9. The Kier molecular flexibility index (Phi) is 7.52. The highest BCUT2D eigenvalue weighted by atomic mass is 79.9. The van der Waals surface area contributed by atoms with Gasteiger partial charge in [-0.25, -0.2) is 0 Å². The van der Waals surface area contributed by atoms with Crippen molar-refractivity contribution in [3.63, 3.8) is 0 Å². The van der Waals surface area contributed by atoms with Crippen molar-refractivity contribution < 1.29 is 14.3 Å². The molecule has 0 radical (unpaired) electrons. The number of Topliss-reactive ketones (excluding diaryl/α,β-unsaturated/α-hetero) is 1. The van der Waals surface area contributed by atoms with E-state index >= 15 is 0 Å². The lowest BCUT2D eigenvalue weighted by molar-refractivity contribution is -0.147. The maximum absolute atomic E-state index is 11.9. The molecule has 1 aromatic carbocycles. The van der Waals surface area contributed by atoms with Gasteiger partial charge in [-0.15, -0.1) is 0 Å².